The molecule has 0 radical (unpaired) electrons. The Balaban J connectivity index is 1.85. The lowest BCUT2D eigenvalue weighted by molar-refractivity contribution is 0.782. The van der Waals surface area contributed by atoms with Gasteiger partial charge < -0.3 is 4.98 Å². The van der Waals surface area contributed by atoms with E-state index < -0.39 is 0 Å². The van der Waals surface area contributed by atoms with Crippen molar-refractivity contribution in [2.24, 2.45) is 0 Å². The lowest BCUT2D eigenvalue weighted by atomic mass is 9.88. The summed E-state index contributed by atoms with van der Waals surface area (Å²) in [4.78, 5) is 8.35. The number of aromatic nitrogens is 2. The van der Waals surface area contributed by atoms with Crippen LogP contribution in [0.4, 0.5) is 0 Å². The van der Waals surface area contributed by atoms with Crippen molar-refractivity contribution in [3.63, 3.8) is 0 Å². The molecule has 24 heavy (non-hydrogen) atoms. The Morgan fingerprint density at radius 2 is 1.54 bits per heavy atom. The zero-order valence-corrected chi connectivity index (χ0v) is 13.7. The molecule has 1 heterocycles. The highest BCUT2D eigenvalue weighted by atomic mass is 14.9. The van der Waals surface area contributed by atoms with Gasteiger partial charge in [0.05, 0.1) is 11.0 Å². The van der Waals surface area contributed by atoms with Crippen LogP contribution in [-0.4, -0.2) is 9.97 Å². The Hall–Kier alpha value is -2.87. The lowest BCUT2D eigenvalue weighted by Crippen LogP contribution is -2.00. The number of hydrogen-bond donors (Lipinski definition) is 1. The van der Waals surface area contributed by atoms with Crippen LogP contribution in [0.1, 0.15) is 30.4 Å². The monoisotopic (exact) mass is 312 g/mol. The van der Waals surface area contributed by atoms with Gasteiger partial charge in [0.15, 0.2) is 0 Å². The predicted octanol–water partition coefficient (Wildman–Crippen LogP) is 5.77. The Labute approximate surface area is 142 Å². The molecule has 1 aromatic heterocycles. The van der Waals surface area contributed by atoms with Gasteiger partial charge in [0.25, 0.3) is 0 Å². The number of benzene rings is 3. The van der Waals surface area contributed by atoms with Crippen LogP contribution in [0.25, 0.3) is 22.4 Å². The topological polar surface area (TPSA) is 28.7 Å². The average molecular weight is 312 g/mol. The van der Waals surface area contributed by atoms with Crippen molar-refractivity contribution in [3.05, 3.63) is 90.0 Å². The van der Waals surface area contributed by atoms with Gasteiger partial charge in [0, 0.05) is 11.5 Å². The quantitative estimate of drug-likeness (QED) is 0.509. The number of rotatable bonds is 4. The van der Waals surface area contributed by atoms with Crippen LogP contribution in [0.15, 0.2) is 78.9 Å². The molecule has 0 spiro atoms. The normalized spacial score (nSPS) is 12.4. The molecule has 0 aliphatic carbocycles. The maximum absolute atomic E-state index is 4.80. The van der Waals surface area contributed by atoms with Gasteiger partial charge in [-0.2, -0.15) is 0 Å². The van der Waals surface area contributed by atoms with E-state index in [2.05, 4.69) is 72.6 Å². The largest absolute Gasteiger partial charge is 0.338 e. The van der Waals surface area contributed by atoms with Crippen molar-refractivity contribution in [1.82, 2.24) is 9.97 Å². The number of para-hydroxylation sites is 1. The summed E-state index contributed by atoms with van der Waals surface area (Å²) in [6.07, 6.45) is 1.06. The first-order chi connectivity index (χ1) is 11.9. The van der Waals surface area contributed by atoms with Crippen molar-refractivity contribution in [3.8, 4) is 11.4 Å². The molecule has 2 nitrogen and oxygen atoms in total. The Kier molecular flexibility index (Phi) is 3.87. The van der Waals surface area contributed by atoms with Crippen LogP contribution in [-0.2, 0) is 0 Å². The van der Waals surface area contributed by atoms with Crippen LogP contribution in [0.5, 0.6) is 0 Å². The van der Waals surface area contributed by atoms with E-state index in [0.29, 0.717) is 5.92 Å². The van der Waals surface area contributed by atoms with E-state index >= 15 is 0 Å². The molecule has 0 amide bonds. The fourth-order valence-corrected chi connectivity index (χ4v) is 3.40. The van der Waals surface area contributed by atoms with Crippen LogP contribution in [0.3, 0.4) is 0 Å². The van der Waals surface area contributed by atoms with Crippen molar-refractivity contribution in [1.29, 1.82) is 0 Å². The van der Waals surface area contributed by atoms with E-state index in [1.54, 1.807) is 0 Å². The number of aromatic amines is 1. The highest BCUT2D eigenvalue weighted by Crippen LogP contribution is 2.33. The van der Waals surface area contributed by atoms with Crippen molar-refractivity contribution in [2.45, 2.75) is 19.3 Å². The Morgan fingerprint density at radius 1 is 0.833 bits per heavy atom. The zero-order valence-electron chi connectivity index (χ0n) is 13.7. The van der Waals surface area contributed by atoms with Gasteiger partial charge >= 0.3 is 0 Å². The van der Waals surface area contributed by atoms with Crippen molar-refractivity contribution >= 4 is 11.0 Å². The van der Waals surface area contributed by atoms with Crippen LogP contribution in [0, 0.1) is 0 Å². The van der Waals surface area contributed by atoms with Gasteiger partial charge in [-0.1, -0.05) is 79.7 Å². The van der Waals surface area contributed by atoms with E-state index in [1.165, 1.54) is 11.1 Å². The Bertz CT molecular complexity index is 940. The van der Waals surface area contributed by atoms with Gasteiger partial charge in [-0.25, -0.2) is 4.98 Å². The third-order valence-corrected chi connectivity index (χ3v) is 4.58. The highest BCUT2D eigenvalue weighted by molar-refractivity contribution is 5.83. The smallest absolute Gasteiger partial charge is 0.138 e. The van der Waals surface area contributed by atoms with Gasteiger partial charge in [-0.15, -0.1) is 0 Å². The summed E-state index contributed by atoms with van der Waals surface area (Å²) < 4.78 is 0. The van der Waals surface area contributed by atoms with Gasteiger partial charge in [0.2, 0.25) is 0 Å². The minimum Gasteiger partial charge on any atom is -0.338 e. The molecule has 2 heteroatoms. The first-order valence-corrected chi connectivity index (χ1v) is 8.46. The highest BCUT2D eigenvalue weighted by Gasteiger charge is 2.17. The fourth-order valence-electron chi connectivity index (χ4n) is 3.40. The second-order valence-electron chi connectivity index (χ2n) is 6.06. The minimum absolute atomic E-state index is 0.374. The number of imidazole rings is 1. The third-order valence-electron chi connectivity index (χ3n) is 4.58. The van der Waals surface area contributed by atoms with E-state index in [4.69, 9.17) is 4.98 Å². The summed E-state index contributed by atoms with van der Waals surface area (Å²) in [5, 5.41) is 0. The summed E-state index contributed by atoms with van der Waals surface area (Å²) in [7, 11) is 0. The summed E-state index contributed by atoms with van der Waals surface area (Å²) in [6.45, 7) is 2.24. The molecule has 0 fully saturated rings. The number of H-pyrrole nitrogens is 1. The first kappa shape index (κ1) is 14.7. The van der Waals surface area contributed by atoms with Gasteiger partial charge in [-0.3, -0.25) is 0 Å². The lowest BCUT2D eigenvalue weighted by Gasteiger charge is -2.16. The average Bonchev–Trinajstić information content (AvgIpc) is 3.09. The third kappa shape index (κ3) is 2.61. The van der Waals surface area contributed by atoms with Crippen molar-refractivity contribution < 1.29 is 0 Å². The zero-order chi connectivity index (χ0) is 16.4. The predicted molar refractivity (Wildman–Crippen MR) is 100 cm³/mol. The molecule has 1 N–H and O–H groups in total. The molecule has 3 aromatic carbocycles. The van der Waals surface area contributed by atoms with E-state index in [-0.39, 0.29) is 0 Å². The van der Waals surface area contributed by atoms with E-state index in [1.807, 2.05) is 18.2 Å². The fraction of sp³-hybridized carbons (Fsp3) is 0.136. The maximum atomic E-state index is 4.80. The summed E-state index contributed by atoms with van der Waals surface area (Å²) in [5.41, 5.74) is 5.96. The molecule has 0 saturated carbocycles. The molecular weight excluding hydrogens is 292 g/mol. The molecule has 0 aliphatic rings. The van der Waals surface area contributed by atoms with Crippen LogP contribution in [0.2, 0.25) is 0 Å². The molecule has 0 aliphatic heterocycles. The number of nitrogens with zero attached hydrogens (tertiary/aromatic N) is 1. The number of hydrogen-bond acceptors (Lipinski definition) is 1. The Morgan fingerprint density at radius 3 is 2.25 bits per heavy atom. The van der Waals surface area contributed by atoms with E-state index in [0.717, 1.165) is 28.8 Å². The molecule has 0 saturated heterocycles. The summed E-state index contributed by atoms with van der Waals surface area (Å²) >= 11 is 0. The SMILES string of the molecule is CCC(c1ccccc1)c1cccc2nc(-c3ccccc3)[nH]c12. The van der Waals surface area contributed by atoms with E-state index in [9.17, 15) is 0 Å². The summed E-state index contributed by atoms with van der Waals surface area (Å²) in [6, 6.07) is 27.4. The molecule has 1 atom stereocenters. The van der Waals surface area contributed by atoms with Gasteiger partial charge in [-0.05, 0) is 23.6 Å². The molecule has 1 unspecified atom stereocenters. The molecular formula is C22H20N2. The minimum atomic E-state index is 0.374. The van der Waals surface area contributed by atoms with Crippen LogP contribution >= 0.6 is 0 Å². The number of fused-ring (bicyclic) bond motifs is 1. The molecule has 0 bridgehead atoms. The number of nitrogens with one attached hydrogen (secondary N) is 1. The molecule has 118 valence electrons. The second-order valence-corrected chi connectivity index (χ2v) is 6.06. The maximum Gasteiger partial charge on any atom is 0.138 e. The summed E-state index contributed by atoms with van der Waals surface area (Å²) in [5.74, 6) is 1.31. The van der Waals surface area contributed by atoms with Gasteiger partial charge in [0.1, 0.15) is 5.82 Å². The van der Waals surface area contributed by atoms with Crippen molar-refractivity contribution in [2.75, 3.05) is 0 Å². The first-order valence-electron chi connectivity index (χ1n) is 8.46. The standard InChI is InChI=1S/C22H20N2/c1-2-18(16-10-5-3-6-11-16)19-14-9-15-20-21(19)24-22(23-20)17-12-7-4-8-13-17/h3-15,18H,2H2,1H3,(H,23,24). The molecule has 4 rings (SSSR count). The second kappa shape index (κ2) is 6.32. The molecule has 4 aromatic rings. The van der Waals surface area contributed by atoms with Crippen LogP contribution < -0.4 is 0 Å².